The number of halogens is 4. The molecule has 0 aliphatic heterocycles. The molecule has 0 aliphatic rings. The van der Waals surface area contributed by atoms with Gasteiger partial charge < -0.3 is 0 Å². The minimum Gasteiger partial charge on any atom is -0.127 e. The Bertz CT molecular complexity index is 296. The number of rotatable bonds is 3. The largest absolute Gasteiger partial charge is 0.127 e. The molecule has 4 heteroatoms. The lowest BCUT2D eigenvalue weighted by Gasteiger charge is -2.06. The van der Waals surface area contributed by atoms with Gasteiger partial charge in [-0.25, -0.2) is 0 Å². The summed E-state index contributed by atoms with van der Waals surface area (Å²) in [5.74, 6) is 0.596. The molecule has 0 radical (unpaired) electrons. The third-order valence-electron chi connectivity index (χ3n) is 1.70. The zero-order chi connectivity index (χ0) is 9.84. The summed E-state index contributed by atoms with van der Waals surface area (Å²) < 4.78 is 0. The number of hydrogen-bond donors (Lipinski definition) is 0. The Kier molecular flexibility index (Phi) is 4.68. The molecule has 72 valence electrons. The summed E-state index contributed by atoms with van der Waals surface area (Å²) in [6, 6.07) is 3.44. The van der Waals surface area contributed by atoms with E-state index in [0.29, 0.717) is 20.9 Å². The van der Waals surface area contributed by atoms with E-state index in [1.165, 1.54) is 0 Å². The van der Waals surface area contributed by atoms with Crippen LogP contribution in [-0.4, -0.2) is 5.88 Å². The van der Waals surface area contributed by atoms with E-state index in [0.717, 1.165) is 18.4 Å². The van der Waals surface area contributed by atoms with Crippen molar-refractivity contribution in [1.82, 2.24) is 0 Å². The summed E-state index contributed by atoms with van der Waals surface area (Å²) in [6.45, 7) is 0. The fourth-order valence-corrected chi connectivity index (χ4v) is 1.91. The van der Waals surface area contributed by atoms with Crippen LogP contribution in [0.4, 0.5) is 0 Å². The molecule has 0 saturated carbocycles. The molecule has 0 spiro atoms. The molecular weight excluding hydrogens is 250 g/mol. The van der Waals surface area contributed by atoms with Gasteiger partial charge in [0, 0.05) is 10.9 Å². The van der Waals surface area contributed by atoms with E-state index in [1.54, 1.807) is 12.1 Å². The van der Waals surface area contributed by atoms with Gasteiger partial charge in [-0.3, -0.25) is 0 Å². The Morgan fingerprint density at radius 2 is 1.62 bits per heavy atom. The van der Waals surface area contributed by atoms with Gasteiger partial charge in [-0.2, -0.15) is 0 Å². The summed E-state index contributed by atoms with van der Waals surface area (Å²) in [6.07, 6.45) is 1.61. The smallest absolute Gasteiger partial charge is 0.0639 e. The first-order valence-electron chi connectivity index (χ1n) is 3.85. The van der Waals surface area contributed by atoms with Crippen LogP contribution in [0.2, 0.25) is 15.1 Å². The molecule has 0 atom stereocenters. The molecule has 0 aliphatic carbocycles. The summed E-state index contributed by atoms with van der Waals surface area (Å²) in [5, 5.41) is 1.73. The van der Waals surface area contributed by atoms with Crippen molar-refractivity contribution >= 4 is 46.4 Å². The number of hydrogen-bond acceptors (Lipinski definition) is 0. The second-order valence-corrected chi connectivity index (χ2v) is 4.18. The minimum atomic E-state index is 0.538. The third kappa shape index (κ3) is 2.92. The molecule has 0 nitrogen and oxygen atoms in total. The van der Waals surface area contributed by atoms with Crippen LogP contribution in [0.5, 0.6) is 0 Å². The van der Waals surface area contributed by atoms with Gasteiger partial charge >= 0.3 is 0 Å². The van der Waals surface area contributed by atoms with Crippen LogP contribution >= 0.6 is 46.4 Å². The Balaban J connectivity index is 2.96. The van der Waals surface area contributed by atoms with Crippen LogP contribution in [0.1, 0.15) is 12.0 Å². The second kappa shape index (κ2) is 5.31. The lowest BCUT2D eigenvalue weighted by molar-refractivity contribution is 0.929. The first-order valence-corrected chi connectivity index (χ1v) is 5.52. The van der Waals surface area contributed by atoms with Crippen LogP contribution in [0.3, 0.4) is 0 Å². The van der Waals surface area contributed by atoms with Crippen molar-refractivity contribution in [3.63, 3.8) is 0 Å². The molecule has 13 heavy (non-hydrogen) atoms. The molecule has 1 aromatic rings. The van der Waals surface area contributed by atoms with Gasteiger partial charge in [0.25, 0.3) is 0 Å². The highest BCUT2D eigenvalue weighted by Crippen LogP contribution is 2.32. The van der Waals surface area contributed by atoms with Crippen LogP contribution in [0.15, 0.2) is 12.1 Å². The molecule has 0 N–H and O–H groups in total. The van der Waals surface area contributed by atoms with E-state index in [1.807, 2.05) is 0 Å². The van der Waals surface area contributed by atoms with E-state index in [-0.39, 0.29) is 0 Å². The lowest BCUT2D eigenvalue weighted by Crippen LogP contribution is -1.90. The van der Waals surface area contributed by atoms with E-state index >= 15 is 0 Å². The molecule has 0 bridgehead atoms. The number of alkyl halides is 1. The molecule has 0 fully saturated rings. The summed E-state index contributed by atoms with van der Waals surface area (Å²) in [7, 11) is 0. The van der Waals surface area contributed by atoms with Crippen LogP contribution in [0.25, 0.3) is 0 Å². The topological polar surface area (TPSA) is 0 Å². The lowest BCUT2D eigenvalue weighted by atomic mass is 10.1. The predicted octanol–water partition coefficient (Wildman–Crippen LogP) is 4.82. The minimum absolute atomic E-state index is 0.538. The van der Waals surface area contributed by atoms with E-state index in [4.69, 9.17) is 46.4 Å². The maximum atomic E-state index is 5.97. The maximum Gasteiger partial charge on any atom is 0.0639 e. The Labute approximate surface area is 97.7 Å². The molecule has 0 amide bonds. The third-order valence-corrected chi connectivity index (χ3v) is 3.16. The molecule has 1 rings (SSSR count). The van der Waals surface area contributed by atoms with Gasteiger partial charge in [-0.05, 0) is 30.5 Å². The van der Waals surface area contributed by atoms with Crippen LogP contribution in [0, 0.1) is 0 Å². The average Bonchev–Trinajstić information content (AvgIpc) is 2.12. The molecular formula is C9H8Cl4. The van der Waals surface area contributed by atoms with Crippen LogP contribution in [-0.2, 0) is 6.42 Å². The SMILES string of the molecule is ClCCCc1c(Cl)ccc(Cl)c1Cl. The highest BCUT2D eigenvalue weighted by atomic mass is 35.5. The maximum absolute atomic E-state index is 5.97. The molecule has 0 unspecified atom stereocenters. The summed E-state index contributed by atoms with van der Waals surface area (Å²) in [4.78, 5) is 0. The Hall–Kier alpha value is 0.380. The van der Waals surface area contributed by atoms with Gasteiger partial charge in [0.1, 0.15) is 0 Å². The first kappa shape index (κ1) is 11.5. The molecule has 0 saturated heterocycles. The molecule has 0 heterocycles. The number of benzene rings is 1. The van der Waals surface area contributed by atoms with E-state index in [2.05, 4.69) is 0 Å². The fraction of sp³-hybridized carbons (Fsp3) is 0.333. The zero-order valence-corrected chi connectivity index (χ0v) is 9.81. The molecule has 1 aromatic carbocycles. The summed E-state index contributed by atoms with van der Waals surface area (Å²) >= 11 is 23.3. The van der Waals surface area contributed by atoms with Crippen molar-refractivity contribution in [2.45, 2.75) is 12.8 Å². The van der Waals surface area contributed by atoms with Gasteiger partial charge in [0.05, 0.1) is 10.0 Å². The van der Waals surface area contributed by atoms with Crippen molar-refractivity contribution in [2.75, 3.05) is 5.88 Å². The monoisotopic (exact) mass is 256 g/mol. The normalized spacial score (nSPS) is 10.5. The van der Waals surface area contributed by atoms with Crippen LogP contribution < -0.4 is 0 Å². The second-order valence-electron chi connectivity index (χ2n) is 2.61. The van der Waals surface area contributed by atoms with Gasteiger partial charge in [0.2, 0.25) is 0 Å². The van der Waals surface area contributed by atoms with Crippen molar-refractivity contribution in [2.24, 2.45) is 0 Å². The van der Waals surface area contributed by atoms with Crippen molar-refractivity contribution < 1.29 is 0 Å². The highest BCUT2D eigenvalue weighted by Gasteiger charge is 2.08. The average molecular weight is 258 g/mol. The zero-order valence-electron chi connectivity index (χ0n) is 6.79. The van der Waals surface area contributed by atoms with Crippen molar-refractivity contribution in [3.05, 3.63) is 32.8 Å². The van der Waals surface area contributed by atoms with Gasteiger partial charge in [0.15, 0.2) is 0 Å². The standard InChI is InChI=1S/C9H8Cl4/c10-5-1-2-6-7(11)3-4-8(12)9(6)13/h3-4H,1-2,5H2. The molecule has 0 aromatic heterocycles. The van der Waals surface area contributed by atoms with E-state index < -0.39 is 0 Å². The van der Waals surface area contributed by atoms with Gasteiger partial charge in [-0.1, -0.05) is 34.8 Å². The van der Waals surface area contributed by atoms with Crippen molar-refractivity contribution in [1.29, 1.82) is 0 Å². The fourth-order valence-electron chi connectivity index (χ4n) is 1.04. The Morgan fingerprint density at radius 3 is 2.23 bits per heavy atom. The summed E-state index contributed by atoms with van der Waals surface area (Å²) in [5.41, 5.74) is 0.886. The first-order chi connectivity index (χ1) is 6.16. The Morgan fingerprint density at radius 1 is 1.00 bits per heavy atom. The van der Waals surface area contributed by atoms with Gasteiger partial charge in [-0.15, -0.1) is 11.6 Å². The quantitative estimate of drug-likeness (QED) is 0.538. The van der Waals surface area contributed by atoms with E-state index in [9.17, 15) is 0 Å². The predicted molar refractivity (Wildman–Crippen MR) is 60.5 cm³/mol. The highest BCUT2D eigenvalue weighted by molar-refractivity contribution is 6.44. The van der Waals surface area contributed by atoms with Crippen molar-refractivity contribution in [3.8, 4) is 0 Å².